The van der Waals surface area contributed by atoms with Gasteiger partial charge in [0.25, 0.3) is 0 Å². The van der Waals surface area contributed by atoms with Gasteiger partial charge in [-0.25, -0.2) is 0 Å². The second kappa shape index (κ2) is 4.70. The molecule has 0 radical (unpaired) electrons. The molecule has 0 atom stereocenters. The Bertz CT molecular complexity index is 240. The molecule has 0 bridgehead atoms. The molecule has 0 aliphatic carbocycles. The van der Waals surface area contributed by atoms with Crippen LogP contribution in [-0.4, -0.2) is 13.6 Å². The summed E-state index contributed by atoms with van der Waals surface area (Å²) in [5.41, 5.74) is 1.17. The van der Waals surface area contributed by atoms with Crippen LogP contribution in [0.4, 0.5) is 0 Å². The summed E-state index contributed by atoms with van der Waals surface area (Å²) in [6, 6.07) is 5.61. The molecule has 0 saturated carbocycles. The summed E-state index contributed by atoms with van der Waals surface area (Å²) < 4.78 is 0. The number of halogens is 2. The van der Waals surface area contributed by atoms with Crippen LogP contribution in [0.5, 0.6) is 0 Å². The van der Waals surface area contributed by atoms with Crippen LogP contribution in [0.15, 0.2) is 18.2 Å². The van der Waals surface area contributed by atoms with Crippen molar-refractivity contribution in [2.75, 3.05) is 13.6 Å². The molecule has 12 heavy (non-hydrogen) atoms. The van der Waals surface area contributed by atoms with Gasteiger partial charge in [-0.1, -0.05) is 23.2 Å². The maximum absolute atomic E-state index is 5.82. The van der Waals surface area contributed by atoms with Crippen molar-refractivity contribution < 1.29 is 0 Å². The molecule has 0 heterocycles. The van der Waals surface area contributed by atoms with E-state index >= 15 is 0 Å². The van der Waals surface area contributed by atoms with Gasteiger partial charge < -0.3 is 5.32 Å². The summed E-state index contributed by atoms with van der Waals surface area (Å²) >= 11 is 11.6. The number of hydrogen-bond acceptors (Lipinski definition) is 1. The summed E-state index contributed by atoms with van der Waals surface area (Å²) in [5.74, 6) is 0. The molecule has 0 amide bonds. The van der Waals surface area contributed by atoms with Crippen molar-refractivity contribution >= 4 is 23.2 Å². The van der Waals surface area contributed by atoms with Gasteiger partial charge in [0.05, 0.1) is 0 Å². The molecule has 1 nitrogen and oxygen atoms in total. The van der Waals surface area contributed by atoms with E-state index in [9.17, 15) is 0 Å². The van der Waals surface area contributed by atoms with Crippen LogP contribution in [0.1, 0.15) is 5.56 Å². The van der Waals surface area contributed by atoms with Crippen molar-refractivity contribution in [3.63, 3.8) is 0 Å². The predicted octanol–water partition coefficient (Wildman–Crippen LogP) is 2.76. The van der Waals surface area contributed by atoms with Crippen LogP contribution in [0, 0.1) is 0 Å². The molecule has 1 N–H and O–H groups in total. The lowest BCUT2D eigenvalue weighted by Crippen LogP contribution is -2.10. The zero-order valence-electron chi connectivity index (χ0n) is 6.90. The Morgan fingerprint density at radius 1 is 1.17 bits per heavy atom. The summed E-state index contributed by atoms with van der Waals surface area (Å²) in [5, 5.41) is 4.47. The predicted molar refractivity (Wildman–Crippen MR) is 54.1 cm³/mol. The molecule has 0 aliphatic rings. The Balaban J connectivity index is 2.72. The maximum atomic E-state index is 5.82. The van der Waals surface area contributed by atoms with Gasteiger partial charge in [-0.2, -0.15) is 0 Å². The number of nitrogens with one attached hydrogen (secondary N) is 1. The molecule has 3 heteroatoms. The molecule has 0 aliphatic heterocycles. The highest BCUT2D eigenvalue weighted by Crippen LogP contribution is 2.18. The van der Waals surface area contributed by atoms with Gasteiger partial charge in [0.15, 0.2) is 0 Å². The Labute approximate surface area is 82.7 Å². The van der Waals surface area contributed by atoms with Crippen molar-refractivity contribution in [1.82, 2.24) is 5.32 Å². The smallest absolute Gasteiger partial charge is 0.0423 e. The lowest BCUT2D eigenvalue weighted by molar-refractivity contribution is 0.792. The van der Waals surface area contributed by atoms with Gasteiger partial charge in [0, 0.05) is 10.0 Å². The van der Waals surface area contributed by atoms with Crippen molar-refractivity contribution in [1.29, 1.82) is 0 Å². The fourth-order valence-corrected chi connectivity index (χ4v) is 1.60. The average molecular weight is 204 g/mol. The van der Waals surface area contributed by atoms with Gasteiger partial charge in [0.1, 0.15) is 0 Å². The summed E-state index contributed by atoms with van der Waals surface area (Å²) in [7, 11) is 1.92. The van der Waals surface area contributed by atoms with Gasteiger partial charge >= 0.3 is 0 Å². The standard InChI is InChI=1S/C9H11Cl2N/c1-12-3-2-7-4-8(10)6-9(11)5-7/h4-6,12H,2-3H2,1H3. The largest absolute Gasteiger partial charge is 0.319 e. The van der Waals surface area contributed by atoms with Gasteiger partial charge in [-0.05, 0) is 43.8 Å². The van der Waals surface area contributed by atoms with Crippen LogP contribution in [0.3, 0.4) is 0 Å². The zero-order valence-corrected chi connectivity index (χ0v) is 8.41. The zero-order chi connectivity index (χ0) is 8.97. The second-order valence-electron chi connectivity index (χ2n) is 2.63. The van der Waals surface area contributed by atoms with E-state index < -0.39 is 0 Å². The third-order valence-electron chi connectivity index (χ3n) is 1.59. The first kappa shape index (κ1) is 9.85. The minimum atomic E-state index is 0.702. The number of likely N-dealkylation sites (N-methyl/N-ethyl adjacent to an activating group) is 1. The Kier molecular flexibility index (Phi) is 3.86. The summed E-state index contributed by atoms with van der Waals surface area (Å²) in [4.78, 5) is 0. The third kappa shape index (κ3) is 3.02. The van der Waals surface area contributed by atoms with Crippen molar-refractivity contribution in [3.05, 3.63) is 33.8 Å². The average Bonchev–Trinajstić information content (AvgIpc) is 1.99. The molecular formula is C9H11Cl2N. The molecule has 0 saturated heterocycles. The van der Waals surface area contributed by atoms with Gasteiger partial charge in [0.2, 0.25) is 0 Å². The molecule has 0 aromatic heterocycles. The quantitative estimate of drug-likeness (QED) is 0.798. The van der Waals surface area contributed by atoms with E-state index in [4.69, 9.17) is 23.2 Å². The highest BCUT2D eigenvalue weighted by molar-refractivity contribution is 6.34. The Morgan fingerprint density at radius 3 is 2.25 bits per heavy atom. The topological polar surface area (TPSA) is 12.0 Å². The lowest BCUT2D eigenvalue weighted by Gasteiger charge is -2.01. The van der Waals surface area contributed by atoms with Crippen molar-refractivity contribution in [2.24, 2.45) is 0 Å². The molecular weight excluding hydrogens is 193 g/mol. The van der Waals surface area contributed by atoms with Crippen LogP contribution in [-0.2, 0) is 6.42 Å². The van der Waals surface area contributed by atoms with E-state index in [-0.39, 0.29) is 0 Å². The first-order valence-corrected chi connectivity index (χ1v) is 4.57. The molecule has 66 valence electrons. The van der Waals surface area contributed by atoms with E-state index in [0.29, 0.717) is 10.0 Å². The minimum Gasteiger partial charge on any atom is -0.319 e. The van der Waals surface area contributed by atoms with Gasteiger partial charge in [-0.15, -0.1) is 0 Å². The van der Waals surface area contributed by atoms with Crippen LogP contribution < -0.4 is 5.32 Å². The molecule has 0 fully saturated rings. The number of rotatable bonds is 3. The van der Waals surface area contributed by atoms with E-state index in [1.54, 1.807) is 6.07 Å². The molecule has 1 rings (SSSR count). The van der Waals surface area contributed by atoms with Crippen molar-refractivity contribution in [3.8, 4) is 0 Å². The first-order valence-electron chi connectivity index (χ1n) is 3.82. The maximum Gasteiger partial charge on any atom is 0.0423 e. The van der Waals surface area contributed by atoms with Crippen molar-refractivity contribution in [2.45, 2.75) is 6.42 Å². The fourth-order valence-electron chi connectivity index (χ4n) is 1.02. The SMILES string of the molecule is CNCCc1cc(Cl)cc(Cl)c1. The van der Waals surface area contributed by atoms with Gasteiger partial charge in [-0.3, -0.25) is 0 Å². The molecule has 0 unspecified atom stereocenters. The van der Waals surface area contributed by atoms with E-state index in [1.165, 1.54) is 5.56 Å². The Hall–Kier alpha value is -0.240. The van der Waals surface area contributed by atoms with Crippen LogP contribution in [0.2, 0.25) is 10.0 Å². The summed E-state index contributed by atoms with van der Waals surface area (Å²) in [6.45, 7) is 0.941. The first-order chi connectivity index (χ1) is 5.72. The highest BCUT2D eigenvalue weighted by atomic mass is 35.5. The van der Waals surface area contributed by atoms with E-state index in [2.05, 4.69) is 5.32 Å². The van der Waals surface area contributed by atoms with Crippen LogP contribution >= 0.6 is 23.2 Å². The third-order valence-corrected chi connectivity index (χ3v) is 2.02. The molecule has 1 aromatic carbocycles. The summed E-state index contributed by atoms with van der Waals surface area (Å²) in [6.07, 6.45) is 0.955. The molecule has 1 aromatic rings. The Morgan fingerprint density at radius 2 is 1.75 bits per heavy atom. The minimum absolute atomic E-state index is 0.702. The highest BCUT2D eigenvalue weighted by Gasteiger charge is 1.96. The second-order valence-corrected chi connectivity index (χ2v) is 3.50. The number of benzene rings is 1. The normalized spacial score (nSPS) is 10.2. The van der Waals surface area contributed by atoms with Crippen LogP contribution in [0.25, 0.3) is 0 Å². The van der Waals surface area contributed by atoms with E-state index in [1.807, 2.05) is 19.2 Å². The fraction of sp³-hybridized carbons (Fsp3) is 0.333. The monoisotopic (exact) mass is 203 g/mol. The molecule has 0 spiro atoms. The van der Waals surface area contributed by atoms with E-state index in [0.717, 1.165) is 13.0 Å². The lowest BCUT2D eigenvalue weighted by atomic mass is 10.1. The number of hydrogen-bond donors (Lipinski definition) is 1.